The molecule has 0 amide bonds. The maximum Gasteiger partial charge on any atom is 0.192 e. The molecule has 92 valence electrons. The van der Waals surface area contributed by atoms with E-state index in [-0.39, 0.29) is 0 Å². The summed E-state index contributed by atoms with van der Waals surface area (Å²) in [7, 11) is -1.61. The van der Waals surface area contributed by atoms with E-state index in [4.69, 9.17) is 9.16 Å². The highest BCUT2D eigenvalue weighted by Gasteiger charge is 2.41. The molecule has 0 aliphatic carbocycles. The van der Waals surface area contributed by atoms with E-state index in [1.165, 1.54) is 0 Å². The molecule has 0 saturated carbocycles. The zero-order valence-corrected chi connectivity index (χ0v) is 12.1. The van der Waals surface area contributed by atoms with Gasteiger partial charge in [0.15, 0.2) is 8.32 Å². The Hall–Kier alpha value is -0.123. The van der Waals surface area contributed by atoms with Crippen LogP contribution in [0.1, 0.15) is 33.6 Å². The van der Waals surface area contributed by atoms with Gasteiger partial charge in [0, 0.05) is 12.8 Å². The summed E-state index contributed by atoms with van der Waals surface area (Å²) < 4.78 is 12.2. The molecule has 0 aromatic rings. The summed E-state index contributed by atoms with van der Waals surface area (Å²) in [5.74, 6) is 0. The minimum atomic E-state index is -1.61. The van der Waals surface area contributed by atoms with Crippen LogP contribution >= 0.6 is 0 Å². The van der Waals surface area contributed by atoms with Crippen molar-refractivity contribution in [3.8, 4) is 0 Å². The summed E-state index contributed by atoms with van der Waals surface area (Å²) >= 11 is 0. The smallest absolute Gasteiger partial charge is 0.192 e. The third kappa shape index (κ3) is 2.41. The van der Waals surface area contributed by atoms with Gasteiger partial charge in [-0.05, 0) is 18.1 Å². The second-order valence-electron chi connectivity index (χ2n) is 6.57. The summed E-state index contributed by atoms with van der Waals surface area (Å²) in [5, 5.41) is 0.303. The molecule has 2 aliphatic heterocycles. The van der Waals surface area contributed by atoms with Crippen LogP contribution in [0.4, 0.5) is 0 Å². The molecule has 1 unspecified atom stereocenters. The molecule has 0 aromatic carbocycles. The van der Waals surface area contributed by atoms with Gasteiger partial charge in [-0.25, -0.2) is 0 Å². The highest BCUT2D eigenvalue weighted by Crippen LogP contribution is 2.40. The van der Waals surface area contributed by atoms with Gasteiger partial charge in [0.25, 0.3) is 0 Å². The first-order chi connectivity index (χ1) is 7.28. The minimum absolute atomic E-state index is 0.303. The highest BCUT2D eigenvalue weighted by atomic mass is 28.4. The van der Waals surface area contributed by atoms with E-state index in [1.807, 2.05) is 0 Å². The van der Waals surface area contributed by atoms with Gasteiger partial charge in [-0.3, -0.25) is 0 Å². The van der Waals surface area contributed by atoms with Crippen molar-refractivity contribution >= 4 is 8.32 Å². The molecule has 2 heterocycles. The van der Waals surface area contributed by atoms with Gasteiger partial charge < -0.3 is 9.16 Å². The maximum atomic E-state index is 6.44. The number of fused-ring (bicyclic) bond motifs is 2. The Morgan fingerprint density at radius 3 is 2.06 bits per heavy atom. The van der Waals surface area contributed by atoms with Crippen LogP contribution in [0.15, 0.2) is 12.2 Å². The third-order valence-corrected chi connectivity index (χ3v) is 8.68. The Bertz CT molecular complexity index is 277. The molecule has 2 rings (SSSR count). The molecule has 1 saturated heterocycles. The highest BCUT2D eigenvalue weighted by molar-refractivity contribution is 6.74. The van der Waals surface area contributed by atoms with Crippen molar-refractivity contribution < 1.29 is 9.16 Å². The summed E-state index contributed by atoms with van der Waals surface area (Å²) in [6.07, 6.45) is 7.50. The van der Waals surface area contributed by atoms with Gasteiger partial charge in [-0.15, -0.1) is 0 Å². The first-order valence-electron chi connectivity index (χ1n) is 6.29. The van der Waals surface area contributed by atoms with Crippen LogP contribution in [0.2, 0.25) is 18.1 Å². The van der Waals surface area contributed by atoms with Gasteiger partial charge in [-0.2, -0.15) is 0 Å². The third-order valence-electron chi connectivity index (χ3n) is 4.15. The number of hydrogen-bond acceptors (Lipinski definition) is 2. The SMILES string of the molecule is CC(C)(C)[Si](C)(C)OC1C[C@H]2C=C[C@@H](C1)O2. The number of ether oxygens (including phenoxy) is 1. The molecule has 2 aliphatic rings. The lowest BCUT2D eigenvalue weighted by atomic mass is 10.1. The van der Waals surface area contributed by atoms with E-state index in [1.54, 1.807) is 0 Å². The van der Waals surface area contributed by atoms with Crippen molar-refractivity contribution in [2.45, 2.75) is 70.1 Å². The molecular formula is C13H24O2Si. The van der Waals surface area contributed by atoms with Crippen molar-refractivity contribution in [1.29, 1.82) is 0 Å². The van der Waals surface area contributed by atoms with Crippen LogP contribution in [0.3, 0.4) is 0 Å². The van der Waals surface area contributed by atoms with E-state index in [0.717, 1.165) is 12.8 Å². The molecule has 0 radical (unpaired) electrons. The van der Waals surface area contributed by atoms with Crippen LogP contribution in [0, 0.1) is 0 Å². The number of hydrogen-bond donors (Lipinski definition) is 0. The predicted molar refractivity (Wildman–Crippen MR) is 69.1 cm³/mol. The molecule has 3 atom stereocenters. The van der Waals surface area contributed by atoms with Crippen LogP contribution in [0.5, 0.6) is 0 Å². The summed E-state index contributed by atoms with van der Waals surface area (Å²) in [4.78, 5) is 0. The number of rotatable bonds is 2. The van der Waals surface area contributed by atoms with Gasteiger partial charge in [0.2, 0.25) is 0 Å². The topological polar surface area (TPSA) is 18.5 Å². The fraction of sp³-hybridized carbons (Fsp3) is 0.846. The van der Waals surface area contributed by atoms with Crippen LogP contribution < -0.4 is 0 Å². The zero-order chi connectivity index (χ0) is 12.0. The van der Waals surface area contributed by atoms with Crippen LogP contribution in [-0.4, -0.2) is 26.6 Å². The Balaban J connectivity index is 1.96. The predicted octanol–water partition coefficient (Wildman–Crippen LogP) is 3.49. The first-order valence-corrected chi connectivity index (χ1v) is 9.20. The van der Waals surface area contributed by atoms with Gasteiger partial charge in [0.1, 0.15) is 0 Å². The fourth-order valence-corrected chi connectivity index (χ4v) is 3.51. The monoisotopic (exact) mass is 240 g/mol. The Labute approximate surface area is 100 Å². The summed E-state index contributed by atoms with van der Waals surface area (Å²) in [6, 6.07) is 0. The van der Waals surface area contributed by atoms with E-state index in [9.17, 15) is 0 Å². The average Bonchev–Trinajstić information content (AvgIpc) is 2.43. The van der Waals surface area contributed by atoms with Crippen molar-refractivity contribution in [2.24, 2.45) is 0 Å². The van der Waals surface area contributed by atoms with Gasteiger partial charge in [0.05, 0.1) is 18.3 Å². The molecule has 0 N–H and O–H groups in total. The molecule has 3 heteroatoms. The Kier molecular flexibility index (Phi) is 3.06. The van der Waals surface area contributed by atoms with Gasteiger partial charge in [-0.1, -0.05) is 32.9 Å². The minimum Gasteiger partial charge on any atom is -0.414 e. The molecule has 1 fully saturated rings. The summed E-state index contributed by atoms with van der Waals surface area (Å²) in [5.41, 5.74) is 0. The first kappa shape index (κ1) is 12.3. The summed E-state index contributed by atoms with van der Waals surface area (Å²) in [6.45, 7) is 11.6. The molecule has 2 nitrogen and oxygen atoms in total. The Morgan fingerprint density at radius 2 is 1.62 bits per heavy atom. The zero-order valence-electron chi connectivity index (χ0n) is 11.1. The second kappa shape index (κ2) is 3.97. The van der Waals surface area contributed by atoms with Crippen molar-refractivity contribution in [3.05, 3.63) is 12.2 Å². The maximum absolute atomic E-state index is 6.44. The second-order valence-corrected chi connectivity index (χ2v) is 11.3. The average molecular weight is 240 g/mol. The van der Waals surface area contributed by atoms with E-state index < -0.39 is 8.32 Å². The normalized spacial score (nSPS) is 34.4. The molecule has 2 bridgehead atoms. The quantitative estimate of drug-likeness (QED) is 0.543. The molecule has 0 spiro atoms. The lowest BCUT2D eigenvalue weighted by Crippen LogP contribution is -2.46. The lowest BCUT2D eigenvalue weighted by Gasteiger charge is -2.41. The van der Waals surface area contributed by atoms with Crippen molar-refractivity contribution in [2.75, 3.05) is 0 Å². The standard InChI is InChI=1S/C13H24O2Si/c1-13(2,3)16(4,5)15-12-8-10-6-7-11(9-12)14-10/h6-7,10-12H,8-9H2,1-5H3/t10-,11+,12?. The van der Waals surface area contributed by atoms with E-state index in [2.05, 4.69) is 46.0 Å². The van der Waals surface area contributed by atoms with E-state index >= 15 is 0 Å². The van der Waals surface area contributed by atoms with Gasteiger partial charge >= 0.3 is 0 Å². The lowest BCUT2D eigenvalue weighted by molar-refractivity contribution is -0.0362. The van der Waals surface area contributed by atoms with Crippen molar-refractivity contribution in [1.82, 2.24) is 0 Å². The molecule has 0 aromatic heterocycles. The fourth-order valence-electron chi connectivity index (χ4n) is 2.14. The van der Waals surface area contributed by atoms with Crippen LogP contribution in [-0.2, 0) is 9.16 Å². The Morgan fingerprint density at radius 1 is 1.12 bits per heavy atom. The van der Waals surface area contributed by atoms with E-state index in [0.29, 0.717) is 23.4 Å². The largest absolute Gasteiger partial charge is 0.414 e. The molecular weight excluding hydrogens is 216 g/mol. The van der Waals surface area contributed by atoms with Crippen LogP contribution in [0.25, 0.3) is 0 Å². The van der Waals surface area contributed by atoms with Crippen molar-refractivity contribution in [3.63, 3.8) is 0 Å². The molecule has 16 heavy (non-hydrogen) atoms.